The molecule has 3 unspecified atom stereocenters. The van der Waals surface area contributed by atoms with Gasteiger partial charge in [0.2, 0.25) is 0 Å². The maximum atomic E-state index is 2.62. The second kappa shape index (κ2) is 9.79. The highest BCUT2D eigenvalue weighted by molar-refractivity contribution is 7.77. The van der Waals surface area contributed by atoms with E-state index in [4.69, 9.17) is 0 Å². The lowest BCUT2D eigenvalue weighted by Gasteiger charge is -2.37. The molecule has 42 heavy (non-hydrogen) atoms. The van der Waals surface area contributed by atoms with Crippen molar-refractivity contribution in [1.82, 2.24) is 0 Å². The molecule has 0 N–H and O–H groups in total. The maximum absolute atomic E-state index is 2.62. The van der Waals surface area contributed by atoms with E-state index in [9.17, 15) is 0 Å². The van der Waals surface area contributed by atoms with Gasteiger partial charge >= 0.3 is 0 Å². The van der Waals surface area contributed by atoms with E-state index in [-0.39, 0.29) is 10.8 Å². The number of fused-ring (bicyclic) bond motifs is 5. The van der Waals surface area contributed by atoms with Gasteiger partial charge in [0.15, 0.2) is 0 Å². The minimum Gasteiger partial charge on any atom is -0.139 e. The summed E-state index contributed by atoms with van der Waals surface area (Å²) in [7, 11) is -1.27. The summed E-state index contributed by atoms with van der Waals surface area (Å²) in [6.07, 6.45) is 2.57. The molecule has 0 nitrogen and oxygen atoms in total. The average molecular weight is 599 g/mol. The molecule has 3 atom stereocenters. The lowest BCUT2D eigenvalue weighted by molar-refractivity contribution is 0.189. The Balaban J connectivity index is 1.53. The zero-order chi connectivity index (χ0) is 28.6. The molecule has 4 aromatic carbocycles. The Bertz CT molecular complexity index is 1940. The number of benzene rings is 4. The summed E-state index contributed by atoms with van der Waals surface area (Å²) < 4.78 is 1.52. The number of thiophene rings is 1. The predicted molar refractivity (Wildman–Crippen MR) is 189 cm³/mol. The van der Waals surface area contributed by atoms with Gasteiger partial charge in [-0.05, 0) is 77.3 Å². The zero-order valence-corrected chi connectivity index (χ0v) is 27.4. The third-order valence-corrected chi connectivity index (χ3v) is 17.1. The largest absolute Gasteiger partial charge is 0.139 e. The van der Waals surface area contributed by atoms with E-state index >= 15 is 0 Å². The number of hydrogen-bond donors (Lipinski definition) is 0. The molecular formula is C39H36P2S. The molecule has 0 amide bonds. The van der Waals surface area contributed by atoms with Crippen LogP contribution in [0.5, 0.6) is 0 Å². The van der Waals surface area contributed by atoms with Gasteiger partial charge in [-0.2, -0.15) is 0 Å². The first-order valence-corrected chi connectivity index (χ1v) is 18.6. The molecule has 2 heterocycles. The summed E-state index contributed by atoms with van der Waals surface area (Å²) in [6, 6.07) is 43.5. The Kier molecular flexibility index (Phi) is 6.21. The summed E-state index contributed by atoms with van der Waals surface area (Å²) >= 11 is 2.05. The van der Waals surface area contributed by atoms with Crippen molar-refractivity contribution >= 4 is 63.3 Å². The van der Waals surface area contributed by atoms with Gasteiger partial charge in [0.25, 0.3) is 0 Å². The van der Waals surface area contributed by atoms with Crippen molar-refractivity contribution in [3.05, 3.63) is 131 Å². The van der Waals surface area contributed by atoms with Gasteiger partial charge < -0.3 is 0 Å². The van der Waals surface area contributed by atoms with Crippen LogP contribution in [0.25, 0.3) is 31.2 Å². The van der Waals surface area contributed by atoms with Crippen molar-refractivity contribution in [2.24, 2.45) is 16.7 Å². The van der Waals surface area contributed by atoms with Crippen LogP contribution in [0.2, 0.25) is 0 Å². The third kappa shape index (κ3) is 3.64. The summed E-state index contributed by atoms with van der Waals surface area (Å²) in [6.45, 7) is 10.2. The molecule has 3 heteroatoms. The van der Waals surface area contributed by atoms with Crippen LogP contribution in [0, 0.1) is 23.7 Å². The Morgan fingerprint density at radius 2 is 1.31 bits per heavy atom. The zero-order valence-electron chi connectivity index (χ0n) is 24.8. The summed E-state index contributed by atoms with van der Waals surface area (Å²) in [5, 5.41) is 10.8. The standard InChI is InChI=1S/C39H36P2S/c1-26-33(36-37(42-26)30-22-14-15-23-32(30)41(36)29-20-12-7-13-21-29)34-35(31-24-25-39(34,4)38(31,2)3)40(27-16-8-5-9-17-27)28-18-10-6-11-19-28/h5-23,31H,24-25H2,1-4H3. The molecule has 208 valence electrons. The summed E-state index contributed by atoms with van der Waals surface area (Å²) in [5.41, 5.74) is 3.66. The molecular weight excluding hydrogens is 562 g/mol. The lowest BCUT2D eigenvalue weighted by Crippen LogP contribution is -2.29. The van der Waals surface area contributed by atoms with Crippen LogP contribution < -0.4 is 10.6 Å². The molecule has 1 saturated carbocycles. The van der Waals surface area contributed by atoms with E-state index in [0.29, 0.717) is 5.92 Å². The predicted octanol–water partition coefficient (Wildman–Crippen LogP) is 11.6. The van der Waals surface area contributed by atoms with E-state index in [2.05, 4.69) is 154 Å². The van der Waals surface area contributed by atoms with Gasteiger partial charge in [0.1, 0.15) is 0 Å². The second-order valence-corrected chi connectivity index (χ2v) is 18.3. The molecule has 0 saturated heterocycles. The van der Waals surface area contributed by atoms with Crippen molar-refractivity contribution in [3.63, 3.8) is 0 Å². The van der Waals surface area contributed by atoms with Crippen molar-refractivity contribution in [2.45, 2.75) is 40.5 Å². The van der Waals surface area contributed by atoms with Crippen LogP contribution in [-0.2, 0) is 0 Å². The van der Waals surface area contributed by atoms with Crippen molar-refractivity contribution < 1.29 is 0 Å². The van der Waals surface area contributed by atoms with Crippen LogP contribution in [0.15, 0.2) is 121 Å². The van der Waals surface area contributed by atoms with Crippen LogP contribution in [0.3, 0.4) is 0 Å². The van der Waals surface area contributed by atoms with Gasteiger partial charge in [0, 0.05) is 30.8 Å². The fourth-order valence-corrected chi connectivity index (χ4v) is 15.7. The highest BCUT2D eigenvalue weighted by Crippen LogP contribution is 2.77. The van der Waals surface area contributed by atoms with Crippen LogP contribution in [0.1, 0.15) is 44.1 Å². The molecule has 1 fully saturated rings. The SMILES string of the molecule is Cc1sc2c3ccccc3p(-c3ccccc3)c2c1C1=C(P(c2ccccc2)c2ccccc2)C2CCC1(C)C2(C)C. The Morgan fingerprint density at radius 1 is 0.738 bits per heavy atom. The first-order chi connectivity index (χ1) is 20.4. The Hall–Kier alpha value is -2.95. The van der Waals surface area contributed by atoms with Gasteiger partial charge in [-0.15, -0.1) is 11.3 Å². The van der Waals surface area contributed by atoms with Crippen molar-refractivity contribution in [1.29, 1.82) is 0 Å². The first kappa shape index (κ1) is 26.7. The average Bonchev–Trinajstić information content (AvgIpc) is 3.64. The molecule has 8 rings (SSSR count). The number of aryl methyl sites for hydroxylation is 1. The van der Waals surface area contributed by atoms with E-state index in [1.807, 2.05) is 0 Å². The van der Waals surface area contributed by atoms with Crippen LogP contribution in [0.4, 0.5) is 0 Å². The second-order valence-electron chi connectivity index (χ2n) is 12.8. The third-order valence-electron chi connectivity index (χ3n) is 10.6. The number of allylic oxidation sites excluding steroid dienone is 2. The molecule has 0 aliphatic heterocycles. The quantitative estimate of drug-likeness (QED) is 0.173. The molecule has 0 spiro atoms. The van der Waals surface area contributed by atoms with Crippen molar-refractivity contribution in [3.8, 4) is 5.30 Å². The van der Waals surface area contributed by atoms with Gasteiger partial charge in [-0.3, -0.25) is 0 Å². The topological polar surface area (TPSA) is 0 Å². The van der Waals surface area contributed by atoms with E-state index in [1.165, 1.54) is 48.8 Å². The van der Waals surface area contributed by atoms with Gasteiger partial charge in [0.05, 0.1) is 0 Å². The summed E-state index contributed by atoms with van der Waals surface area (Å²) in [5.74, 6) is 0.589. The summed E-state index contributed by atoms with van der Waals surface area (Å²) in [4.78, 5) is 1.51. The van der Waals surface area contributed by atoms with Crippen LogP contribution >= 0.6 is 26.8 Å². The highest BCUT2D eigenvalue weighted by atomic mass is 32.1. The monoisotopic (exact) mass is 598 g/mol. The van der Waals surface area contributed by atoms with Gasteiger partial charge in [-0.1, -0.05) is 137 Å². The lowest BCUT2D eigenvalue weighted by atomic mass is 9.66. The molecule has 2 aliphatic carbocycles. The minimum atomic E-state index is -0.656. The van der Waals surface area contributed by atoms with E-state index in [1.54, 1.807) is 21.6 Å². The molecule has 2 aliphatic rings. The Labute approximate surface area is 255 Å². The molecule has 0 radical (unpaired) electrons. The fourth-order valence-electron chi connectivity index (χ4n) is 8.19. The maximum Gasteiger partial charge on any atom is 0.0476 e. The first-order valence-electron chi connectivity index (χ1n) is 15.1. The molecule has 6 aromatic rings. The fraction of sp³-hybridized carbons (Fsp3) is 0.231. The highest BCUT2D eigenvalue weighted by Gasteiger charge is 2.62. The van der Waals surface area contributed by atoms with E-state index in [0.717, 1.165) is 0 Å². The molecule has 2 aromatic heterocycles. The normalized spacial score (nSPS) is 21.7. The molecule has 2 bridgehead atoms. The number of hydrogen-bond acceptors (Lipinski definition) is 1. The smallest absolute Gasteiger partial charge is 0.0476 e. The number of rotatable bonds is 5. The minimum absolute atomic E-state index is 0.142. The van der Waals surface area contributed by atoms with Gasteiger partial charge in [-0.25, -0.2) is 0 Å². The van der Waals surface area contributed by atoms with Crippen LogP contribution in [-0.4, -0.2) is 0 Å². The Morgan fingerprint density at radius 3 is 1.95 bits per heavy atom. The van der Waals surface area contributed by atoms with E-state index < -0.39 is 15.5 Å². The van der Waals surface area contributed by atoms with Crippen molar-refractivity contribution in [2.75, 3.05) is 0 Å².